The summed E-state index contributed by atoms with van der Waals surface area (Å²) in [6, 6.07) is 0. The molecule has 0 rings (SSSR count). The van der Waals surface area contributed by atoms with Crippen molar-refractivity contribution in [3.63, 3.8) is 0 Å². The number of hydrogen-bond acceptors (Lipinski definition) is 0. The molecule has 0 heterocycles. The average Bonchev–Trinajstić information content (AvgIpc) is 2.16. The molecule has 0 heteroatoms. The molecule has 0 aromatic rings. The Hall–Kier alpha value is -0.780. The zero-order valence-electron chi connectivity index (χ0n) is 8.67. The second kappa shape index (κ2) is 11.2. The van der Waals surface area contributed by atoms with Crippen molar-refractivity contribution in [3.8, 4) is 0 Å². The summed E-state index contributed by atoms with van der Waals surface area (Å²) >= 11 is 0. The summed E-state index contributed by atoms with van der Waals surface area (Å²) in [4.78, 5) is 0. The first-order valence-electron chi connectivity index (χ1n) is 5.28. The van der Waals surface area contributed by atoms with E-state index in [1.165, 1.54) is 38.5 Å². The highest BCUT2D eigenvalue weighted by Gasteiger charge is 1.86. The molecule has 0 aromatic carbocycles. The maximum absolute atomic E-state index is 3.71. The van der Waals surface area contributed by atoms with Crippen molar-refractivity contribution in [1.29, 1.82) is 0 Å². The molecule has 0 nitrogen and oxygen atoms in total. The Labute approximate surface area is 83.0 Å². The highest BCUT2D eigenvalue weighted by molar-refractivity contribution is 4.87. The van der Waals surface area contributed by atoms with E-state index in [0.717, 1.165) is 6.42 Å². The summed E-state index contributed by atoms with van der Waals surface area (Å²) in [5.41, 5.74) is 0. The van der Waals surface area contributed by atoms with E-state index in [0.29, 0.717) is 0 Å². The largest absolute Gasteiger partial charge is 0.103 e. The summed E-state index contributed by atoms with van der Waals surface area (Å²) < 4.78 is 0. The summed E-state index contributed by atoms with van der Waals surface area (Å²) in [5, 5.41) is 0. The molecule has 0 aliphatic heterocycles. The van der Waals surface area contributed by atoms with Gasteiger partial charge in [0.15, 0.2) is 0 Å². The smallest absolute Gasteiger partial charge is 0.0172 e. The fourth-order valence-electron chi connectivity index (χ4n) is 1.21. The van der Waals surface area contributed by atoms with E-state index in [4.69, 9.17) is 0 Å². The van der Waals surface area contributed by atoms with Crippen LogP contribution in [-0.4, -0.2) is 0 Å². The molecule has 0 amide bonds. The third kappa shape index (κ3) is 11.2. The molecule has 0 atom stereocenters. The molecule has 0 spiro atoms. The molecule has 0 aromatic heterocycles. The van der Waals surface area contributed by atoms with Gasteiger partial charge in [-0.1, -0.05) is 37.1 Å². The normalized spacial score (nSPS) is 10.5. The van der Waals surface area contributed by atoms with Crippen molar-refractivity contribution in [1.82, 2.24) is 0 Å². The van der Waals surface area contributed by atoms with Crippen LogP contribution in [0.4, 0.5) is 0 Å². The Balaban J connectivity index is 2.98. The molecular formula is C13H22. The minimum Gasteiger partial charge on any atom is -0.103 e. The number of hydrogen-bond donors (Lipinski definition) is 0. The summed E-state index contributed by atoms with van der Waals surface area (Å²) in [6.45, 7) is 7.38. The number of unbranched alkanes of at least 4 members (excludes halogenated alkanes) is 5. The van der Waals surface area contributed by atoms with Gasteiger partial charge in [0.1, 0.15) is 0 Å². The molecule has 0 fully saturated rings. The van der Waals surface area contributed by atoms with E-state index in [1.807, 2.05) is 12.2 Å². The number of rotatable bonds is 9. The Morgan fingerprint density at radius 3 is 2.00 bits per heavy atom. The number of allylic oxidation sites excluding steroid dienone is 4. The molecule has 0 aliphatic rings. The predicted molar refractivity (Wildman–Crippen MR) is 61.9 cm³/mol. The quantitative estimate of drug-likeness (QED) is 0.356. The molecule has 0 N–H and O–H groups in total. The van der Waals surface area contributed by atoms with Gasteiger partial charge < -0.3 is 0 Å². The lowest BCUT2D eigenvalue weighted by Gasteiger charge is -1.96. The first kappa shape index (κ1) is 12.2. The maximum Gasteiger partial charge on any atom is -0.0172 e. The van der Waals surface area contributed by atoms with Crippen LogP contribution in [0.2, 0.25) is 0 Å². The van der Waals surface area contributed by atoms with Gasteiger partial charge in [0.05, 0.1) is 0 Å². The molecule has 0 saturated carbocycles. The van der Waals surface area contributed by atoms with Crippen LogP contribution in [0.3, 0.4) is 0 Å². The lowest BCUT2D eigenvalue weighted by Crippen LogP contribution is -1.76. The first-order valence-corrected chi connectivity index (χ1v) is 5.28. The molecule has 0 bridgehead atoms. The highest BCUT2D eigenvalue weighted by atomic mass is 13.9. The lowest BCUT2D eigenvalue weighted by atomic mass is 10.1. The third-order valence-corrected chi connectivity index (χ3v) is 2.00. The Kier molecular flexibility index (Phi) is 10.5. The molecule has 0 saturated heterocycles. The van der Waals surface area contributed by atoms with Crippen LogP contribution in [0.15, 0.2) is 37.5 Å². The summed E-state index contributed by atoms with van der Waals surface area (Å²) in [7, 11) is 0. The van der Waals surface area contributed by atoms with E-state index in [2.05, 4.69) is 25.3 Å². The van der Waals surface area contributed by atoms with Crippen molar-refractivity contribution in [2.24, 2.45) is 0 Å². The van der Waals surface area contributed by atoms with Crippen LogP contribution >= 0.6 is 0 Å². The minimum absolute atomic E-state index is 1.01. The van der Waals surface area contributed by atoms with Crippen molar-refractivity contribution >= 4 is 0 Å². The average molecular weight is 178 g/mol. The SMILES string of the molecule is C=CCC=CCCCCCCC=C. The Morgan fingerprint density at radius 2 is 1.38 bits per heavy atom. The minimum atomic E-state index is 1.01. The van der Waals surface area contributed by atoms with Gasteiger partial charge in [-0.05, 0) is 32.1 Å². The fraction of sp³-hybridized carbons (Fsp3) is 0.538. The van der Waals surface area contributed by atoms with Gasteiger partial charge in [-0.2, -0.15) is 0 Å². The zero-order valence-corrected chi connectivity index (χ0v) is 8.67. The second-order valence-corrected chi connectivity index (χ2v) is 3.28. The first-order chi connectivity index (χ1) is 6.41. The Morgan fingerprint density at radius 1 is 0.692 bits per heavy atom. The molecule has 0 aliphatic carbocycles. The van der Waals surface area contributed by atoms with Gasteiger partial charge in [0.25, 0.3) is 0 Å². The second-order valence-electron chi connectivity index (χ2n) is 3.28. The van der Waals surface area contributed by atoms with Crippen LogP contribution in [0, 0.1) is 0 Å². The van der Waals surface area contributed by atoms with Crippen molar-refractivity contribution < 1.29 is 0 Å². The van der Waals surface area contributed by atoms with E-state index in [-0.39, 0.29) is 0 Å². The van der Waals surface area contributed by atoms with Gasteiger partial charge in [-0.15, -0.1) is 13.2 Å². The van der Waals surface area contributed by atoms with Crippen molar-refractivity contribution in [2.45, 2.75) is 44.9 Å². The van der Waals surface area contributed by atoms with Crippen LogP contribution in [-0.2, 0) is 0 Å². The standard InChI is InChI=1S/C13H22/c1-3-5-7-9-11-13-12-10-8-6-4-2/h3-4,7,9H,1-2,5-6,8,10-13H2. The molecule has 0 radical (unpaired) electrons. The van der Waals surface area contributed by atoms with E-state index < -0.39 is 0 Å². The Bertz CT molecular complexity index is 142. The van der Waals surface area contributed by atoms with Gasteiger partial charge >= 0.3 is 0 Å². The molecule has 0 unspecified atom stereocenters. The topological polar surface area (TPSA) is 0 Å². The van der Waals surface area contributed by atoms with E-state index in [1.54, 1.807) is 0 Å². The summed E-state index contributed by atoms with van der Waals surface area (Å²) in [5.74, 6) is 0. The van der Waals surface area contributed by atoms with Gasteiger partial charge in [-0.3, -0.25) is 0 Å². The predicted octanol–water partition coefficient (Wildman–Crippen LogP) is 4.65. The molecule has 74 valence electrons. The molecular weight excluding hydrogens is 156 g/mol. The highest BCUT2D eigenvalue weighted by Crippen LogP contribution is 2.06. The molecule has 13 heavy (non-hydrogen) atoms. The maximum atomic E-state index is 3.71. The summed E-state index contributed by atoms with van der Waals surface area (Å²) in [6.07, 6.45) is 17.1. The van der Waals surface area contributed by atoms with Crippen LogP contribution in [0.1, 0.15) is 44.9 Å². The third-order valence-electron chi connectivity index (χ3n) is 2.00. The van der Waals surface area contributed by atoms with E-state index >= 15 is 0 Å². The fourth-order valence-corrected chi connectivity index (χ4v) is 1.21. The van der Waals surface area contributed by atoms with Gasteiger partial charge in [0, 0.05) is 0 Å². The lowest BCUT2D eigenvalue weighted by molar-refractivity contribution is 0.652. The van der Waals surface area contributed by atoms with Gasteiger partial charge in [0.2, 0.25) is 0 Å². The monoisotopic (exact) mass is 178 g/mol. The zero-order chi connectivity index (χ0) is 9.78. The van der Waals surface area contributed by atoms with E-state index in [9.17, 15) is 0 Å². The van der Waals surface area contributed by atoms with Crippen LogP contribution in [0.25, 0.3) is 0 Å². The van der Waals surface area contributed by atoms with Gasteiger partial charge in [-0.25, -0.2) is 0 Å². The van der Waals surface area contributed by atoms with Crippen LogP contribution < -0.4 is 0 Å². The van der Waals surface area contributed by atoms with Crippen molar-refractivity contribution in [2.75, 3.05) is 0 Å². The van der Waals surface area contributed by atoms with Crippen molar-refractivity contribution in [3.05, 3.63) is 37.5 Å². The van der Waals surface area contributed by atoms with Crippen LogP contribution in [0.5, 0.6) is 0 Å².